The zero-order valence-corrected chi connectivity index (χ0v) is 12.4. The summed E-state index contributed by atoms with van der Waals surface area (Å²) in [5.41, 5.74) is 5.42. The first-order chi connectivity index (χ1) is 10.0. The van der Waals surface area contributed by atoms with Crippen molar-refractivity contribution in [1.29, 1.82) is 0 Å². The lowest BCUT2D eigenvalue weighted by Gasteiger charge is -2.32. The first kappa shape index (κ1) is 15.7. The highest BCUT2D eigenvalue weighted by Gasteiger charge is 2.28. The van der Waals surface area contributed by atoms with Gasteiger partial charge in [0, 0.05) is 24.2 Å². The van der Waals surface area contributed by atoms with Crippen molar-refractivity contribution in [2.24, 2.45) is 11.7 Å². The average molecular weight is 312 g/mol. The van der Waals surface area contributed by atoms with Crippen molar-refractivity contribution in [3.63, 3.8) is 0 Å². The molecule has 0 saturated carbocycles. The van der Waals surface area contributed by atoms with Crippen LogP contribution in [0, 0.1) is 16.0 Å². The number of piperidine rings is 1. The second kappa shape index (κ2) is 6.87. The van der Waals surface area contributed by atoms with E-state index in [-0.39, 0.29) is 17.2 Å². The summed E-state index contributed by atoms with van der Waals surface area (Å²) in [5.74, 6) is 0.0388. The lowest BCUT2D eigenvalue weighted by Crippen LogP contribution is -2.40. The molecule has 0 radical (unpaired) electrons. The van der Waals surface area contributed by atoms with Gasteiger partial charge in [0.2, 0.25) is 0 Å². The Bertz CT molecular complexity index is 548. The molecular formula is C14H18ClN3O3. The monoisotopic (exact) mass is 311 g/mol. The highest BCUT2D eigenvalue weighted by Crippen LogP contribution is 2.27. The molecule has 1 aromatic rings. The van der Waals surface area contributed by atoms with Crippen molar-refractivity contribution in [1.82, 2.24) is 4.90 Å². The van der Waals surface area contributed by atoms with Gasteiger partial charge >= 0.3 is 0 Å². The van der Waals surface area contributed by atoms with E-state index in [2.05, 4.69) is 0 Å². The molecule has 2 rings (SSSR count). The molecule has 6 nitrogen and oxygen atoms in total. The Balaban J connectivity index is 2.23. The fourth-order valence-corrected chi connectivity index (χ4v) is 2.90. The minimum absolute atomic E-state index is 0.0564. The zero-order valence-electron chi connectivity index (χ0n) is 11.6. The summed E-state index contributed by atoms with van der Waals surface area (Å²) in [6, 6.07) is 4.06. The second-order valence-electron chi connectivity index (χ2n) is 5.26. The average Bonchev–Trinajstić information content (AvgIpc) is 2.46. The number of hydrogen-bond donors (Lipinski definition) is 1. The highest BCUT2D eigenvalue weighted by molar-refractivity contribution is 6.31. The zero-order chi connectivity index (χ0) is 15.4. The quantitative estimate of drug-likeness (QED) is 0.683. The van der Waals surface area contributed by atoms with Crippen LogP contribution >= 0.6 is 11.6 Å². The van der Waals surface area contributed by atoms with E-state index in [4.69, 9.17) is 17.3 Å². The molecule has 0 aliphatic carbocycles. The SMILES string of the molecule is NCCC1CCCN(C(=O)c2cc(Cl)ccc2[N+](=O)[O-])C1. The van der Waals surface area contributed by atoms with Crippen molar-refractivity contribution >= 4 is 23.2 Å². The summed E-state index contributed by atoms with van der Waals surface area (Å²) in [5, 5.41) is 11.4. The number of carbonyl (C=O) groups is 1. The minimum atomic E-state index is -0.551. The molecule has 114 valence electrons. The molecule has 1 aliphatic rings. The predicted molar refractivity (Wildman–Crippen MR) is 80.4 cm³/mol. The third-order valence-corrected chi connectivity index (χ3v) is 4.00. The smallest absolute Gasteiger partial charge is 0.282 e. The van der Waals surface area contributed by atoms with E-state index in [1.807, 2.05) is 0 Å². The number of carbonyl (C=O) groups excluding carboxylic acids is 1. The number of nitro benzene ring substituents is 1. The molecule has 0 spiro atoms. The van der Waals surface area contributed by atoms with E-state index < -0.39 is 4.92 Å². The molecule has 1 heterocycles. The number of hydrogen-bond acceptors (Lipinski definition) is 4. The van der Waals surface area contributed by atoms with Crippen molar-refractivity contribution in [2.45, 2.75) is 19.3 Å². The molecule has 1 aromatic carbocycles. The van der Waals surface area contributed by atoms with Gasteiger partial charge in [-0.2, -0.15) is 0 Å². The van der Waals surface area contributed by atoms with Gasteiger partial charge in [-0.25, -0.2) is 0 Å². The fourth-order valence-electron chi connectivity index (χ4n) is 2.73. The van der Waals surface area contributed by atoms with Gasteiger partial charge in [0.25, 0.3) is 11.6 Å². The van der Waals surface area contributed by atoms with Gasteiger partial charge in [0.15, 0.2) is 0 Å². The maximum absolute atomic E-state index is 12.6. The van der Waals surface area contributed by atoms with Crippen LogP contribution in [-0.4, -0.2) is 35.4 Å². The Morgan fingerprint density at radius 2 is 2.29 bits per heavy atom. The summed E-state index contributed by atoms with van der Waals surface area (Å²) in [7, 11) is 0. The van der Waals surface area contributed by atoms with Crippen molar-refractivity contribution in [2.75, 3.05) is 19.6 Å². The molecule has 1 fully saturated rings. The first-order valence-corrected chi connectivity index (χ1v) is 7.34. The summed E-state index contributed by atoms with van der Waals surface area (Å²) >= 11 is 5.87. The van der Waals surface area contributed by atoms with Gasteiger partial charge in [0.1, 0.15) is 5.56 Å². The lowest BCUT2D eigenvalue weighted by molar-refractivity contribution is -0.385. The normalized spacial score (nSPS) is 18.6. The number of likely N-dealkylation sites (tertiary alicyclic amines) is 1. The molecule has 1 atom stereocenters. The number of nitrogens with zero attached hydrogens (tertiary/aromatic N) is 2. The highest BCUT2D eigenvalue weighted by atomic mass is 35.5. The van der Waals surface area contributed by atoms with Crippen LogP contribution in [0.3, 0.4) is 0 Å². The third kappa shape index (κ3) is 3.71. The Hall–Kier alpha value is -1.66. The topological polar surface area (TPSA) is 89.5 Å². The van der Waals surface area contributed by atoms with E-state index in [1.54, 1.807) is 4.90 Å². The molecule has 1 saturated heterocycles. The number of amides is 1. The summed E-state index contributed by atoms with van der Waals surface area (Å²) in [6.45, 7) is 1.80. The van der Waals surface area contributed by atoms with E-state index in [1.165, 1.54) is 18.2 Å². The lowest BCUT2D eigenvalue weighted by atomic mass is 9.94. The summed E-state index contributed by atoms with van der Waals surface area (Å²) < 4.78 is 0. The van der Waals surface area contributed by atoms with E-state index in [9.17, 15) is 14.9 Å². The van der Waals surface area contributed by atoms with Crippen molar-refractivity contribution in [3.8, 4) is 0 Å². The van der Waals surface area contributed by atoms with Gasteiger partial charge < -0.3 is 10.6 Å². The maximum Gasteiger partial charge on any atom is 0.282 e. The number of halogens is 1. The number of rotatable bonds is 4. The Kier molecular flexibility index (Phi) is 5.14. The summed E-state index contributed by atoms with van der Waals surface area (Å²) in [4.78, 5) is 24.7. The number of benzene rings is 1. The second-order valence-corrected chi connectivity index (χ2v) is 5.69. The molecule has 21 heavy (non-hydrogen) atoms. The molecule has 1 unspecified atom stereocenters. The van der Waals surface area contributed by atoms with Crippen LogP contribution in [-0.2, 0) is 0 Å². The van der Waals surface area contributed by atoms with Gasteiger partial charge in [-0.05, 0) is 43.9 Å². The van der Waals surface area contributed by atoms with Gasteiger partial charge in [-0.3, -0.25) is 14.9 Å². The largest absolute Gasteiger partial charge is 0.338 e. The molecular weight excluding hydrogens is 294 g/mol. The van der Waals surface area contributed by atoms with E-state index >= 15 is 0 Å². The van der Waals surface area contributed by atoms with E-state index in [0.717, 1.165) is 19.3 Å². The van der Waals surface area contributed by atoms with Gasteiger partial charge in [-0.15, -0.1) is 0 Å². The number of nitro groups is 1. The van der Waals surface area contributed by atoms with Crippen LogP contribution in [0.5, 0.6) is 0 Å². The first-order valence-electron chi connectivity index (χ1n) is 6.96. The number of nitrogens with two attached hydrogens (primary N) is 1. The van der Waals surface area contributed by atoms with E-state index in [0.29, 0.717) is 30.6 Å². The Labute approximate surface area is 128 Å². The van der Waals surface area contributed by atoms with Gasteiger partial charge in [-0.1, -0.05) is 11.6 Å². The molecule has 0 aromatic heterocycles. The van der Waals surface area contributed by atoms with Gasteiger partial charge in [0.05, 0.1) is 4.92 Å². The summed E-state index contributed by atoms with van der Waals surface area (Å²) in [6.07, 6.45) is 2.80. The van der Waals surface area contributed by atoms with Crippen LogP contribution in [0.15, 0.2) is 18.2 Å². The molecule has 1 amide bonds. The maximum atomic E-state index is 12.6. The molecule has 1 aliphatic heterocycles. The Morgan fingerprint density at radius 3 is 2.95 bits per heavy atom. The molecule has 2 N–H and O–H groups in total. The van der Waals surface area contributed by atoms with Crippen molar-refractivity contribution in [3.05, 3.63) is 38.9 Å². The van der Waals surface area contributed by atoms with Crippen LogP contribution in [0.1, 0.15) is 29.6 Å². The Morgan fingerprint density at radius 1 is 1.52 bits per heavy atom. The molecule has 0 bridgehead atoms. The molecule has 7 heteroatoms. The predicted octanol–water partition coefficient (Wildman–Crippen LogP) is 2.45. The van der Waals surface area contributed by atoms with Crippen LogP contribution in [0.25, 0.3) is 0 Å². The van der Waals surface area contributed by atoms with Crippen LogP contribution < -0.4 is 5.73 Å². The minimum Gasteiger partial charge on any atom is -0.338 e. The van der Waals surface area contributed by atoms with Crippen molar-refractivity contribution < 1.29 is 9.72 Å². The van der Waals surface area contributed by atoms with Crippen LogP contribution in [0.4, 0.5) is 5.69 Å². The fraction of sp³-hybridized carbons (Fsp3) is 0.500. The standard InChI is InChI=1S/C14H18ClN3O3/c15-11-3-4-13(18(20)21)12(8-11)14(19)17-7-1-2-10(9-17)5-6-16/h3-4,8,10H,1-2,5-7,9,16H2. The third-order valence-electron chi connectivity index (χ3n) is 3.77. The van der Waals surface area contributed by atoms with Crippen LogP contribution in [0.2, 0.25) is 5.02 Å².